The molecule has 3 aliphatic rings. The van der Waals surface area contributed by atoms with Crippen molar-refractivity contribution in [3.05, 3.63) is 30.0 Å². The van der Waals surface area contributed by atoms with Gasteiger partial charge in [-0.05, 0) is 43.7 Å². The number of H-pyrrole nitrogens is 1. The van der Waals surface area contributed by atoms with Crippen LogP contribution in [-0.2, 0) is 20.9 Å². The lowest BCUT2D eigenvalue weighted by molar-refractivity contribution is -0.136. The molecule has 6 rings (SSSR count). The Labute approximate surface area is 248 Å². The number of hydrogen-bond donors (Lipinski definition) is 3. The van der Waals surface area contributed by atoms with E-state index in [1.165, 1.54) is 23.5 Å². The number of sulfonamides is 1. The number of piperidine rings is 1. The lowest BCUT2D eigenvalue weighted by atomic mass is 9.85. The first-order valence-electron chi connectivity index (χ1n) is 14.6. The van der Waals surface area contributed by atoms with Crippen molar-refractivity contribution < 1.29 is 31.1 Å². The normalized spacial score (nSPS) is 19.8. The number of hydrogen-bond acceptors (Lipinski definition) is 9. The molecule has 2 saturated heterocycles. The van der Waals surface area contributed by atoms with Crippen LogP contribution in [0.25, 0.3) is 11.0 Å². The lowest BCUT2D eigenvalue weighted by Crippen LogP contribution is -2.50. The fourth-order valence-electron chi connectivity index (χ4n) is 5.97. The number of ether oxygens (including phenoxy) is 2. The van der Waals surface area contributed by atoms with Crippen LogP contribution in [0.1, 0.15) is 37.7 Å². The number of benzene rings is 1. The molecule has 11 nitrogen and oxygen atoms in total. The minimum atomic E-state index is -4.58. The van der Waals surface area contributed by atoms with E-state index in [4.69, 9.17) is 9.47 Å². The van der Waals surface area contributed by atoms with Crippen LogP contribution in [0, 0.1) is 5.92 Å². The number of halogens is 3. The van der Waals surface area contributed by atoms with E-state index in [2.05, 4.69) is 30.5 Å². The summed E-state index contributed by atoms with van der Waals surface area (Å²) in [7, 11) is -2.35. The van der Waals surface area contributed by atoms with Gasteiger partial charge >= 0.3 is 6.18 Å². The Morgan fingerprint density at radius 1 is 1.09 bits per heavy atom. The first-order valence-corrected chi connectivity index (χ1v) is 16.0. The quantitative estimate of drug-likeness (QED) is 0.318. The third-order valence-electron chi connectivity index (χ3n) is 8.66. The second kappa shape index (κ2) is 12.1. The Kier molecular flexibility index (Phi) is 8.41. The minimum Gasteiger partial charge on any atom is -0.495 e. The lowest BCUT2D eigenvalue weighted by Gasteiger charge is -2.39. The second-order valence-corrected chi connectivity index (χ2v) is 13.2. The summed E-state index contributed by atoms with van der Waals surface area (Å²) < 4.78 is 80.7. The summed E-state index contributed by atoms with van der Waals surface area (Å²) in [5, 5.41) is 5.98. The number of fused-ring (bicyclic) bond motifs is 1. The molecule has 3 fully saturated rings. The number of aromatic nitrogens is 3. The van der Waals surface area contributed by atoms with Gasteiger partial charge in [-0.25, -0.2) is 8.42 Å². The number of alkyl halides is 3. The van der Waals surface area contributed by atoms with Gasteiger partial charge in [0.25, 0.3) is 0 Å². The first kappa shape index (κ1) is 29.9. The molecule has 1 aromatic carbocycles. The van der Waals surface area contributed by atoms with E-state index in [1.54, 1.807) is 6.07 Å². The molecule has 0 radical (unpaired) electrons. The van der Waals surface area contributed by atoms with Crippen molar-refractivity contribution in [3.63, 3.8) is 0 Å². The smallest absolute Gasteiger partial charge is 0.418 e. The number of nitrogens with zero attached hydrogens (tertiary/aromatic N) is 4. The maximum absolute atomic E-state index is 13.7. The fraction of sp³-hybridized carbons (Fsp3) is 0.571. The molecule has 234 valence electrons. The molecular weight excluding hydrogens is 587 g/mol. The van der Waals surface area contributed by atoms with E-state index in [-0.39, 0.29) is 33.4 Å². The standard InChI is InChI=1S/C28H36F3N7O4S/c1-41-23-15-20(43(39,40)38-9-7-19(8-10-38)37-11-13-42-14-12-37)5-6-22(23)34-27-35-25(32-16-18-3-2-4-18)24-21(28(29,30)31)17-33-26(24)36-27/h5-6,15,17-19H,2-4,7-14,16H2,1H3,(H3,32,33,34,35,36). The topological polar surface area (TPSA) is 125 Å². The molecule has 4 heterocycles. The predicted octanol–water partition coefficient (Wildman–Crippen LogP) is 4.43. The zero-order valence-corrected chi connectivity index (χ0v) is 24.7. The van der Waals surface area contributed by atoms with E-state index >= 15 is 0 Å². The molecule has 43 heavy (non-hydrogen) atoms. The first-order chi connectivity index (χ1) is 20.6. The molecule has 0 amide bonds. The van der Waals surface area contributed by atoms with Crippen LogP contribution in [0.3, 0.4) is 0 Å². The van der Waals surface area contributed by atoms with E-state index in [9.17, 15) is 21.6 Å². The number of rotatable bonds is 9. The number of nitrogens with one attached hydrogen (secondary N) is 3. The number of anilines is 3. The van der Waals surface area contributed by atoms with E-state index < -0.39 is 21.8 Å². The molecule has 0 spiro atoms. The highest BCUT2D eigenvalue weighted by atomic mass is 32.2. The molecule has 2 aliphatic heterocycles. The molecule has 0 bridgehead atoms. The summed E-state index contributed by atoms with van der Waals surface area (Å²) in [6.07, 6.45) is 0.958. The fourth-order valence-corrected chi connectivity index (χ4v) is 7.46. The van der Waals surface area contributed by atoms with Crippen LogP contribution in [0.4, 0.5) is 30.6 Å². The molecule has 1 saturated carbocycles. The molecule has 3 aromatic rings. The van der Waals surface area contributed by atoms with Crippen molar-refractivity contribution in [1.82, 2.24) is 24.2 Å². The van der Waals surface area contributed by atoms with Crippen molar-refractivity contribution >= 4 is 38.5 Å². The van der Waals surface area contributed by atoms with E-state index in [0.29, 0.717) is 50.5 Å². The van der Waals surface area contributed by atoms with Gasteiger partial charge in [-0.2, -0.15) is 27.4 Å². The molecular formula is C28H36F3N7O4S. The minimum absolute atomic E-state index is 0.0274. The van der Waals surface area contributed by atoms with Gasteiger partial charge in [0, 0.05) is 51.0 Å². The van der Waals surface area contributed by atoms with Gasteiger partial charge in [-0.3, -0.25) is 4.90 Å². The summed E-state index contributed by atoms with van der Waals surface area (Å²) in [5.74, 6) is 0.735. The van der Waals surface area contributed by atoms with Crippen molar-refractivity contribution in [2.75, 3.05) is 63.7 Å². The van der Waals surface area contributed by atoms with Crippen LogP contribution >= 0.6 is 0 Å². The van der Waals surface area contributed by atoms with Gasteiger partial charge in [0.15, 0.2) is 0 Å². The highest BCUT2D eigenvalue weighted by molar-refractivity contribution is 7.89. The summed E-state index contributed by atoms with van der Waals surface area (Å²) in [4.78, 5) is 13.8. The monoisotopic (exact) mass is 623 g/mol. The van der Waals surface area contributed by atoms with Gasteiger partial charge in [0.1, 0.15) is 17.2 Å². The summed E-state index contributed by atoms with van der Waals surface area (Å²) in [6.45, 7) is 4.50. The zero-order chi connectivity index (χ0) is 30.2. The molecule has 0 atom stereocenters. The Balaban J connectivity index is 1.21. The van der Waals surface area contributed by atoms with Gasteiger partial charge in [-0.15, -0.1) is 0 Å². The van der Waals surface area contributed by atoms with Crippen molar-refractivity contribution in [3.8, 4) is 5.75 Å². The third-order valence-corrected chi connectivity index (χ3v) is 10.6. The van der Waals surface area contributed by atoms with Gasteiger partial charge in [0.05, 0.1) is 41.9 Å². The van der Waals surface area contributed by atoms with Crippen molar-refractivity contribution in [1.29, 1.82) is 0 Å². The molecule has 1 aliphatic carbocycles. The Hall–Kier alpha value is -3.14. The predicted molar refractivity (Wildman–Crippen MR) is 155 cm³/mol. The average Bonchev–Trinajstić information content (AvgIpc) is 3.42. The van der Waals surface area contributed by atoms with Gasteiger partial charge in [-0.1, -0.05) is 6.42 Å². The van der Waals surface area contributed by atoms with Gasteiger partial charge < -0.3 is 25.1 Å². The molecule has 0 unspecified atom stereocenters. The van der Waals surface area contributed by atoms with E-state index in [1.807, 2.05) is 0 Å². The number of methoxy groups -OCH3 is 1. The molecule has 2 aromatic heterocycles. The van der Waals surface area contributed by atoms with Gasteiger partial charge in [0.2, 0.25) is 16.0 Å². The number of aromatic amines is 1. The zero-order valence-electron chi connectivity index (χ0n) is 23.9. The number of morpholine rings is 1. The molecule has 15 heteroatoms. The average molecular weight is 624 g/mol. The SMILES string of the molecule is COc1cc(S(=O)(=O)N2CCC(N3CCOCC3)CC2)ccc1Nc1nc(NCC2CCC2)c2c(C(F)(F)F)c[nH]c2n1. The highest BCUT2D eigenvalue weighted by Gasteiger charge is 2.36. The van der Waals surface area contributed by atoms with Crippen molar-refractivity contribution in [2.24, 2.45) is 5.92 Å². The van der Waals surface area contributed by atoms with E-state index in [0.717, 1.165) is 51.4 Å². The van der Waals surface area contributed by atoms with Crippen LogP contribution in [0.5, 0.6) is 5.75 Å². The Morgan fingerprint density at radius 2 is 1.84 bits per heavy atom. The van der Waals surface area contributed by atoms with Crippen LogP contribution in [0.15, 0.2) is 29.3 Å². The maximum atomic E-state index is 13.7. The summed E-state index contributed by atoms with van der Waals surface area (Å²) >= 11 is 0. The molecule has 3 N–H and O–H groups in total. The van der Waals surface area contributed by atoms with Crippen LogP contribution in [-0.4, -0.2) is 91.7 Å². The van der Waals surface area contributed by atoms with Crippen molar-refractivity contribution in [2.45, 2.75) is 49.2 Å². The Bertz CT molecular complexity index is 1550. The van der Waals surface area contributed by atoms with Crippen LogP contribution in [0.2, 0.25) is 0 Å². The second-order valence-electron chi connectivity index (χ2n) is 11.3. The Morgan fingerprint density at radius 3 is 2.49 bits per heavy atom. The largest absolute Gasteiger partial charge is 0.495 e. The van der Waals surface area contributed by atoms with Crippen LogP contribution < -0.4 is 15.4 Å². The third kappa shape index (κ3) is 6.26. The summed E-state index contributed by atoms with van der Waals surface area (Å²) in [5.41, 5.74) is -0.440. The maximum Gasteiger partial charge on any atom is 0.418 e. The highest BCUT2D eigenvalue weighted by Crippen LogP contribution is 2.39. The summed E-state index contributed by atoms with van der Waals surface area (Å²) in [6, 6.07) is 4.82.